The predicted octanol–water partition coefficient (Wildman–Crippen LogP) is 2.17. The molecule has 0 radical (unpaired) electrons. The van der Waals surface area contributed by atoms with Crippen LogP contribution in [0.5, 0.6) is 5.75 Å². The number of methoxy groups -OCH3 is 1. The van der Waals surface area contributed by atoms with Gasteiger partial charge >= 0.3 is 0 Å². The van der Waals surface area contributed by atoms with Crippen LogP contribution in [0.1, 0.15) is 44.1 Å². The van der Waals surface area contributed by atoms with Crippen molar-refractivity contribution >= 4 is 23.4 Å². The average molecular weight is 402 g/mol. The Labute approximate surface area is 172 Å². The fourth-order valence-electron chi connectivity index (χ4n) is 4.15. The second-order valence-corrected chi connectivity index (χ2v) is 8.00. The Morgan fingerprint density at radius 3 is 2.38 bits per heavy atom. The fraction of sp³-hybridized carbons (Fsp3) is 0.591. The number of hydrogen-bond donors (Lipinski definition) is 2. The lowest BCUT2D eigenvalue weighted by molar-refractivity contribution is -0.127. The SMILES string of the molecule is COc1ccc(C)cc1N1CC(C(=O)NCCNC(=O)C2CCCCC2)CC1=O. The molecule has 3 amide bonds. The van der Waals surface area contributed by atoms with Crippen molar-refractivity contribution in [1.82, 2.24) is 10.6 Å². The number of hydrogen-bond acceptors (Lipinski definition) is 4. The van der Waals surface area contributed by atoms with Gasteiger partial charge in [-0.3, -0.25) is 14.4 Å². The first-order chi connectivity index (χ1) is 14.0. The predicted molar refractivity (Wildman–Crippen MR) is 111 cm³/mol. The molecule has 29 heavy (non-hydrogen) atoms. The largest absolute Gasteiger partial charge is 0.495 e. The number of nitrogens with zero attached hydrogens (tertiary/aromatic N) is 1. The van der Waals surface area contributed by atoms with Gasteiger partial charge in [0.25, 0.3) is 0 Å². The van der Waals surface area contributed by atoms with Gasteiger partial charge in [-0.2, -0.15) is 0 Å². The summed E-state index contributed by atoms with van der Waals surface area (Å²) in [6.07, 6.45) is 5.55. The van der Waals surface area contributed by atoms with E-state index in [0.717, 1.165) is 31.2 Å². The van der Waals surface area contributed by atoms with Crippen molar-refractivity contribution in [3.63, 3.8) is 0 Å². The molecule has 1 atom stereocenters. The molecule has 2 fully saturated rings. The Balaban J connectivity index is 1.47. The van der Waals surface area contributed by atoms with E-state index in [0.29, 0.717) is 31.1 Å². The van der Waals surface area contributed by atoms with Crippen molar-refractivity contribution in [2.45, 2.75) is 45.4 Å². The highest BCUT2D eigenvalue weighted by Crippen LogP contribution is 2.33. The zero-order chi connectivity index (χ0) is 20.8. The van der Waals surface area contributed by atoms with E-state index in [2.05, 4.69) is 10.6 Å². The third-order valence-electron chi connectivity index (χ3n) is 5.82. The lowest BCUT2D eigenvalue weighted by atomic mass is 9.89. The summed E-state index contributed by atoms with van der Waals surface area (Å²) in [5.74, 6) is 0.189. The molecule has 7 nitrogen and oxygen atoms in total. The molecular formula is C22H31N3O4. The van der Waals surface area contributed by atoms with Crippen molar-refractivity contribution < 1.29 is 19.1 Å². The first-order valence-electron chi connectivity index (χ1n) is 10.5. The number of anilines is 1. The Morgan fingerprint density at radius 1 is 1.07 bits per heavy atom. The topological polar surface area (TPSA) is 87.7 Å². The van der Waals surface area contributed by atoms with Gasteiger partial charge in [-0.1, -0.05) is 25.3 Å². The average Bonchev–Trinajstić information content (AvgIpc) is 3.13. The molecule has 3 rings (SSSR count). The molecule has 1 saturated heterocycles. The molecule has 1 aliphatic heterocycles. The van der Waals surface area contributed by atoms with Crippen LogP contribution in [0.3, 0.4) is 0 Å². The van der Waals surface area contributed by atoms with E-state index < -0.39 is 5.92 Å². The van der Waals surface area contributed by atoms with Crippen LogP contribution in [0.15, 0.2) is 18.2 Å². The maximum absolute atomic E-state index is 12.5. The summed E-state index contributed by atoms with van der Waals surface area (Å²) in [5.41, 5.74) is 1.72. The van der Waals surface area contributed by atoms with Crippen LogP contribution in [-0.4, -0.2) is 44.5 Å². The lowest BCUT2D eigenvalue weighted by Crippen LogP contribution is -2.40. The van der Waals surface area contributed by atoms with Crippen LogP contribution in [0.2, 0.25) is 0 Å². The van der Waals surface area contributed by atoms with Crippen molar-refractivity contribution in [2.24, 2.45) is 11.8 Å². The first-order valence-corrected chi connectivity index (χ1v) is 10.5. The molecule has 1 unspecified atom stereocenters. The van der Waals surface area contributed by atoms with E-state index in [9.17, 15) is 14.4 Å². The number of amides is 3. The van der Waals surface area contributed by atoms with Gasteiger partial charge in [0.2, 0.25) is 17.7 Å². The minimum atomic E-state index is -0.401. The molecule has 0 spiro atoms. The minimum absolute atomic E-state index is 0.0837. The fourth-order valence-corrected chi connectivity index (χ4v) is 4.15. The zero-order valence-corrected chi connectivity index (χ0v) is 17.3. The van der Waals surface area contributed by atoms with Crippen LogP contribution in [0, 0.1) is 18.8 Å². The molecule has 1 heterocycles. The van der Waals surface area contributed by atoms with Gasteiger partial charge in [-0.15, -0.1) is 0 Å². The molecule has 1 aromatic rings. The molecule has 1 aromatic carbocycles. The second-order valence-electron chi connectivity index (χ2n) is 8.00. The quantitative estimate of drug-likeness (QED) is 0.686. The van der Waals surface area contributed by atoms with Gasteiger partial charge in [0.05, 0.1) is 18.7 Å². The lowest BCUT2D eigenvalue weighted by Gasteiger charge is -2.21. The Kier molecular flexibility index (Phi) is 7.12. The van der Waals surface area contributed by atoms with Gasteiger partial charge in [-0.05, 0) is 37.5 Å². The highest BCUT2D eigenvalue weighted by atomic mass is 16.5. The van der Waals surface area contributed by atoms with Crippen molar-refractivity contribution in [1.29, 1.82) is 0 Å². The molecule has 2 N–H and O–H groups in total. The summed E-state index contributed by atoms with van der Waals surface area (Å²) in [6.45, 7) is 3.07. The summed E-state index contributed by atoms with van der Waals surface area (Å²) >= 11 is 0. The van der Waals surface area contributed by atoms with Crippen LogP contribution in [0.25, 0.3) is 0 Å². The Hall–Kier alpha value is -2.57. The normalized spacial score (nSPS) is 19.9. The maximum Gasteiger partial charge on any atom is 0.227 e. The summed E-state index contributed by atoms with van der Waals surface area (Å²) in [7, 11) is 1.57. The van der Waals surface area contributed by atoms with Gasteiger partial charge in [0.1, 0.15) is 5.75 Å². The number of benzene rings is 1. The van der Waals surface area contributed by atoms with E-state index in [4.69, 9.17) is 4.74 Å². The highest BCUT2D eigenvalue weighted by molar-refractivity contribution is 6.01. The third-order valence-corrected chi connectivity index (χ3v) is 5.82. The van der Waals surface area contributed by atoms with Crippen LogP contribution in [0.4, 0.5) is 5.69 Å². The standard InChI is InChI=1S/C22H31N3O4/c1-15-8-9-19(29-2)18(12-15)25-14-17(13-20(25)26)22(28)24-11-10-23-21(27)16-6-4-3-5-7-16/h8-9,12,16-17H,3-7,10-11,13-14H2,1-2H3,(H,23,27)(H,24,28). The van der Waals surface area contributed by atoms with Crippen molar-refractivity contribution in [2.75, 3.05) is 31.6 Å². The molecular weight excluding hydrogens is 370 g/mol. The number of nitrogens with one attached hydrogen (secondary N) is 2. The monoisotopic (exact) mass is 401 g/mol. The Morgan fingerprint density at radius 2 is 1.72 bits per heavy atom. The van der Waals surface area contributed by atoms with E-state index in [1.54, 1.807) is 12.0 Å². The zero-order valence-electron chi connectivity index (χ0n) is 17.3. The third kappa shape index (κ3) is 5.28. The van der Waals surface area contributed by atoms with Gasteiger partial charge < -0.3 is 20.3 Å². The molecule has 2 aliphatic rings. The van der Waals surface area contributed by atoms with Gasteiger partial charge in [-0.25, -0.2) is 0 Å². The second kappa shape index (κ2) is 9.76. The molecule has 158 valence electrons. The smallest absolute Gasteiger partial charge is 0.227 e. The number of ether oxygens (including phenoxy) is 1. The first kappa shape index (κ1) is 21.1. The summed E-state index contributed by atoms with van der Waals surface area (Å²) in [5, 5.41) is 5.77. The number of aryl methyl sites for hydroxylation is 1. The van der Waals surface area contributed by atoms with Crippen LogP contribution < -0.4 is 20.3 Å². The Bertz CT molecular complexity index is 758. The van der Waals surface area contributed by atoms with Crippen LogP contribution >= 0.6 is 0 Å². The highest BCUT2D eigenvalue weighted by Gasteiger charge is 2.36. The molecule has 0 bridgehead atoms. The van der Waals surface area contributed by atoms with Crippen molar-refractivity contribution in [3.05, 3.63) is 23.8 Å². The van der Waals surface area contributed by atoms with Gasteiger partial charge in [0, 0.05) is 32.0 Å². The number of carbonyl (C=O) groups is 3. The molecule has 1 aliphatic carbocycles. The van der Waals surface area contributed by atoms with Crippen LogP contribution in [-0.2, 0) is 14.4 Å². The van der Waals surface area contributed by atoms with E-state index >= 15 is 0 Å². The van der Waals surface area contributed by atoms with E-state index in [1.807, 2.05) is 25.1 Å². The minimum Gasteiger partial charge on any atom is -0.495 e. The molecule has 1 saturated carbocycles. The van der Waals surface area contributed by atoms with Crippen molar-refractivity contribution in [3.8, 4) is 5.75 Å². The molecule has 0 aromatic heterocycles. The summed E-state index contributed by atoms with van der Waals surface area (Å²) in [4.78, 5) is 38.8. The summed E-state index contributed by atoms with van der Waals surface area (Å²) in [6, 6.07) is 5.66. The molecule has 7 heteroatoms. The maximum atomic E-state index is 12.5. The van der Waals surface area contributed by atoms with Gasteiger partial charge in [0.15, 0.2) is 0 Å². The van der Waals surface area contributed by atoms with E-state index in [1.165, 1.54) is 6.42 Å². The number of rotatable bonds is 7. The summed E-state index contributed by atoms with van der Waals surface area (Å²) < 4.78 is 5.37. The number of carbonyl (C=O) groups excluding carboxylic acids is 3. The van der Waals surface area contributed by atoms with E-state index in [-0.39, 0.29) is 30.1 Å².